The maximum Gasteiger partial charge on any atom is 0.273 e. The van der Waals surface area contributed by atoms with Crippen molar-refractivity contribution >= 4 is 5.91 Å². The second-order valence-corrected chi connectivity index (χ2v) is 4.67. The molecule has 1 aliphatic rings. The molecule has 106 valence electrons. The van der Waals surface area contributed by atoms with Crippen molar-refractivity contribution in [3.63, 3.8) is 0 Å². The van der Waals surface area contributed by atoms with Crippen molar-refractivity contribution in [2.75, 3.05) is 26.3 Å². The second kappa shape index (κ2) is 6.09. The summed E-state index contributed by atoms with van der Waals surface area (Å²) in [6.45, 7) is 2.17. The van der Waals surface area contributed by atoms with Crippen molar-refractivity contribution in [2.24, 2.45) is 5.73 Å². The number of aliphatic hydroxyl groups is 1. The molecule has 0 bridgehead atoms. The average molecular weight is 269 g/mol. The maximum atomic E-state index is 11.8. The molecule has 0 aliphatic carbocycles. The number of aromatic nitrogens is 3. The first kappa shape index (κ1) is 13.9. The molecule has 1 amide bonds. The molecule has 1 aliphatic heterocycles. The van der Waals surface area contributed by atoms with Gasteiger partial charge in [-0.15, -0.1) is 5.10 Å². The Kier molecular flexibility index (Phi) is 4.46. The molecule has 1 aromatic heterocycles. The van der Waals surface area contributed by atoms with Gasteiger partial charge in [-0.05, 0) is 0 Å². The number of nitrogens with one attached hydrogen (secondary N) is 1. The number of carbonyl (C=O) groups excluding carboxylic acids is 1. The molecule has 8 nitrogen and oxygen atoms in total. The molecule has 0 radical (unpaired) electrons. The fourth-order valence-electron chi connectivity index (χ4n) is 1.91. The number of amides is 1. The van der Waals surface area contributed by atoms with E-state index >= 15 is 0 Å². The predicted molar refractivity (Wildman–Crippen MR) is 66.4 cm³/mol. The molecule has 0 atom stereocenters. The number of hydrogen-bond acceptors (Lipinski definition) is 6. The highest BCUT2D eigenvalue weighted by Crippen LogP contribution is 2.19. The van der Waals surface area contributed by atoms with Crippen LogP contribution in [0.5, 0.6) is 0 Å². The van der Waals surface area contributed by atoms with Crippen LogP contribution in [0.1, 0.15) is 23.3 Å². The Morgan fingerprint density at radius 2 is 2.32 bits per heavy atom. The second-order valence-electron chi connectivity index (χ2n) is 4.67. The van der Waals surface area contributed by atoms with Crippen LogP contribution in [0.3, 0.4) is 0 Å². The number of rotatable bonds is 5. The molecule has 1 aromatic rings. The van der Waals surface area contributed by atoms with Crippen LogP contribution in [-0.2, 0) is 11.3 Å². The largest absolute Gasteiger partial charge is 0.388 e. The van der Waals surface area contributed by atoms with Gasteiger partial charge in [0.1, 0.15) is 0 Å². The Balaban J connectivity index is 1.86. The molecule has 4 N–H and O–H groups in total. The van der Waals surface area contributed by atoms with Gasteiger partial charge < -0.3 is 20.9 Å². The SMILES string of the molecule is NCCn1cc(C(=O)NCC2(O)CCOCC2)nn1. The topological polar surface area (TPSA) is 115 Å². The number of carbonyl (C=O) groups is 1. The standard InChI is InChI=1S/C11H19N5O3/c12-3-4-16-7-9(14-15-16)10(17)13-8-11(18)1-5-19-6-2-11/h7,18H,1-6,8,12H2,(H,13,17). The van der Waals surface area contributed by atoms with Gasteiger partial charge in [0.15, 0.2) is 5.69 Å². The van der Waals surface area contributed by atoms with Gasteiger partial charge in [0.25, 0.3) is 5.91 Å². The Bertz CT molecular complexity index is 428. The molecule has 0 spiro atoms. The lowest BCUT2D eigenvalue weighted by Gasteiger charge is -2.31. The van der Waals surface area contributed by atoms with Crippen LogP contribution < -0.4 is 11.1 Å². The highest BCUT2D eigenvalue weighted by atomic mass is 16.5. The number of hydrogen-bond donors (Lipinski definition) is 3. The summed E-state index contributed by atoms with van der Waals surface area (Å²) in [5.74, 6) is -0.344. The van der Waals surface area contributed by atoms with Gasteiger partial charge in [0.2, 0.25) is 0 Å². The first-order chi connectivity index (χ1) is 9.13. The summed E-state index contributed by atoms with van der Waals surface area (Å²) in [6.07, 6.45) is 2.58. The van der Waals surface area contributed by atoms with Crippen molar-refractivity contribution in [3.8, 4) is 0 Å². The van der Waals surface area contributed by atoms with Crippen LogP contribution in [0, 0.1) is 0 Å². The third-order valence-electron chi connectivity index (χ3n) is 3.13. The smallest absolute Gasteiger partial charge is 0.273 e. The molecular weight excluding hydrogens is 250 g/mol. The lowest BCUT2D eigenvalue weighted by atomic mass is 9.94. The van der Waals surface area contributed by atoms with E-state index in [-0.39, 0.29) is 18.1 Å². The third kappa shape index (κ3) is 3.72. The van der Waals surface area contributed by atoms with Gasteiger partial charge >= 0.3 is 0 Å². The van der Waals surface area contributed by atoms with E-state index in [4.69, 9.17) is 10.5 Å². The minimum Gasteiger partial charge on any atom is -0.388 e. The van der Waals surface area contributed by atoms with Crippen LogP contribution in [0.2, 0.25) is 0 Å². The normalized spacial score (nSPS) is 18.2. The molecule has 8 heteroatoms. The van der Waals surface area contributed by atoms with Crippen molar-refractivity contribution in [2.45, 2.75) is 25.0 Å². The molecule has 1 fully saturated rings. The zero-order chi connectivity index (χ0) is 13.7. The van der Waals surface area contributed by atoms with E-state index in [0.29, 0.717) is 39.1 Å². The van der Waals surface area contributed by atoms with Crippen molar-refractivity contribution in [1.82, 2.24) is 20.3 Å². The molecule has 0 unspecified atom stereocenters. The Labute approximate surface area is 110 Å². The van der Waals surface area contributed by atoms with E-state index in [9.17, 15) is 9.90 Å². The molecule has 0 aromatic carbocycles. The van der Waals surface area contributed by atoms with E-state index in [1.807, 2.05) is 0 Å². The van der Waals surface area contributed by atoms with Crippen LogP contribution >= 0.6 is 0 Å². The summed E-state index contributed by atoms with van der Waals surface area (Å²) in [6, 6.07) is 0. The lowest BCUT2D eigenvalue weighted by molar-refractivity contribution is -0.0605. The Hall–Kier alpha value is -1.51. The third-order valence-corrected chi connectivity index (χ3v) is 3.13. The summed E-state index contributed by atoms with van der Waals surface area (Å²) < 4.78 is 6.69. The van der Waals surface area contributed by atoms with E-state index in [2.05, 4.69) is 15.6 Å². The van der Waals surface area contributed by atoms with E-state index in [1.54, 1.807) is 0 Å². The minimum absolute atomic E-state index is 0.193. The Morgan fingerprint density at radius 1 is 1.58 bits per heavy atom. The maximum absolute atomic E-state index is 11.8. The quantitative estimate of drug-likeness (QED) is 0.599. The molecule has 2 rings (SSSR count). The molecule has 19 heavy (non-hydrogen) atoms. The van der Waals surface area contributed by atoms with Gasteiger partial charge in [-0.2, -0.15) is 0 Å². The molecule has 1 saturated heterocycles. The zero-order valence-corrected chi connectivity index (χ0v) is 10.7. The predicted octanol–water partition coefficient (Wildman–Crippen LogP) is -1.49. The van der Waals surface area contributed by atoms with Gasteiger partial charge in [0, 0.05) is 39.1 Å². The highest BCUT2D eigenvalue weighted by Gasteiger charge is 2.30. The van der Waals surface area contributed by atoms with Gasteiger partial charge in [-0.25, -0.2) is 0 Å². The summed E-state index contributed by atoms with van der Waals surface area (Å²) in [4.78, 5) is 11.8. The van der Waals surface area contributed by atoms with Crippen molar-refractivity contribution < 1.29 is 14.6 Å². The fraction of sp³-hybridized carbons (Fsp3) is 0.727. The average Bonchev–Trinajstić information content (AvgIpc) is 2.86. The Morgan fingerprint density at radius 3 is 3.00 bits per heavy atom. The number of nitrogens with two attached hydrogens (primary N) is 1. The fourth-order valence-corrected chi connectivity index (χ4v) is 1.91. The van der Waals surface area contributed by atoms with Gasteiger partial charge in [-0.3, -0.25) is 9.48 Å². The van der Waals surface area contributed by atoms with Crippen LogP contribution in [0.25, 0.3) is 0 Å². The van der Waals surface area contributed by atoms with Crippen LogP contribution in [0.4, 0.5) is 0 Å². The van der Waals surface area contributed by atoms with E-state index < -0.39 is 5.60 Å². The van der Waals surface area contributed by atoms with Crippen molar-refractivity contribution in [3.05, 3.63) is 11.9 Å². The molecule has 2 heterocycles. The summed E-state index contributed by atoms with van der Waals surface area (Å²) in [5, 5.41) is 20.4. The first-order valence-corrected chi connectivity index (χ1v) is 6.31. The monoisotopic (exact) mass is 269 g/mol. The molecular formula is C11H19N5O3. The van der Waals surface area contributed by atoms with Gasteiger partial charge in [0.05, 0.1) is 18.3 Å². The zero-order valence-electron chi connectivity index (χ0n) is 10.7. The van der Waals surface area contributed by atoms with E-state index in [0.717, 1.165) is 0 Å². The summed E-state index contributed by atoms with van der Waals surface area (Å²) in [5.41, 5.74) is 4.72. The number of nitrogens with zero attached hydrogens (tertiary/aromatic N) is 3. The summed E-state index contributed by atoms with van der Waals surface area (Å²) in [7, 11) is 0. The van der Waals surface area contributed by atoms with Crippen LogP contribution in [0.15, 0.2) is 6.20 Å². The minimum atomic E-state index is -0.888. The van der Waals surface area contributed by atoms with E-state index in [1.165, 1.54) is 10.9 Å². The molecule has 0 saturated carbocycles. The van der Waals surface area contributed by atoms with Gasteiger partial charge in [-0.1, -0.05) is 5.21 Å². The first-order valence-electron chi connectivity index (χ1n) is 6.31. The van der Waals surface area contributed by atoms with Crippen LogP contribution in [-0.4, -0.2) is 57.9 Å². The number of ether oxygens (including phenoxy) is 1. The highest BCUT2D eigenvalue weighted by molar-refractivity contribution is 5.91. The van der Waals surface area contributed by atoms with Crippen molar-refractivity contribution in [1.29, 1.82) is 0 Å². The summed E-state index contributed by atoms with van der Waals surface area (Å²) >= 11 is 0. The lowest BCUT2D eigenvalue weighted by Crippen LogP contribution is -2.46.